The maximum Gasteiger partial charge on any atom is 0.233 e. The molecule has 4 aromatic heterocycles. The molecule has 1 N–H and O–H groups in total. The van der Waals surface area contributed by atoms with Crippen LogP contribution < -0.4 is 10.2 Å². The lowest BCUT2D eigenvalue weighted by Crippen LogP contribution is -2.27. The van der Waals surface area contributed by atoms with E-state index in [1.165, 1.54) is 44.9 Å². The van der Waals surface area contributed by atoms with Gasteiger partial charge in [-0.25, -0.2) is 24.8 Å². The maximum atomic E-state index is 13.5. The predicted octanol–water partition coefficient (Wildman–Crippen LogP) is 8.26. The van der Waals surface area contributed by atoms with E-state index in [1.807, 2.05) is 72.8 Å². The van der Waals surface area contributed by atoms with Gasteiger partial charge in [0.15, 0.2) is 0 Å². The van der Waals surface area contributed by atoms with Crippen LogP contribution >= 0.6 is 0 Å². The van der Waals surface area contributed by atoms with Crippen LogP contribution in [0.4, 0.5) is 23.3 Å². The zero-order chi connectivity index (χ0) is 27.1. The van der Waals surface area contributed by atoms with Crippen molar-refractivity contribution in [3.05, 3.63) is 85.2 Å². The molecule has 0 aromatic carbocycles. The summed E-state index contributed by atoms with van der Waals surface area (Å²) in [5.41, 5.74) is 1.37. The number of hydrogen-bond donors (Lipinski definition) is 1. The number of unbranched alkanes of at least 4 members (excludes halogenated alkanes) is 8. The van der Waals surface area contributed by atoms with Crippen LogP contribution in [0.5, 0.6) is 0 Å². The summed E-state index contributed by atoms with van der Waals surface area (Å²) in [6.45, 7) is 2.24. The van der Waals surface area contributed by atoms with Gasteiger partial charge in [0.1, 0.15) is 23.3 Å². The second-order valence-corrected chi connectivity index (χ2v) is 9.62. The summed E-state index contributed by atoms with van der Waals surface area (Å²) < 4.78 is 0. The van der Waals surface area contributed by atoms with Crippen molar-refractivity contribution in [1.82, 2.24) is 19.9 Å². The topological polar surface area (TPSA) is 83.9 Å². The van der Waals surface area contributed by atoms with E-state index in [1.54, 1.807) is 17.3 Å². The van der Waals surface area contributed by atoms with Crippen LogP contribution in [0, 0.1) is 0 Å². The van der Waals surface area contributed by atoms with Crippen molar-refractivity contribution in [1.29, 1.82) is 0 Å². The molecular weight excluding hydrogens is 484 g/mol. The summed E-state index contributed by atoms with van der Waals surface area (Å²) in [6, 6.07) is 22.6. The Balaban J connectivity index is 1.44. The van der Waals surface area contributed by atoms with Gasteiger partial charge in [0.2, 0.25) is 5.91 Å². The molecule has 39 heavy (non-hydrogen) atoms. The summed E-state index contributed by atoms with van der Waals surface area (Å²) in [5.74, 6) is 2.49. The van der Waals surface area contributed by atoms with E-state index in [-0.39, 0.29) is 5.91 Å². The van der Waals surface area contributed by atoms with Crippen molar-refractivity contribution >= 4 is 29.2 Å². The van der Waals surface area contributed by atoms with Crippen LogP contribution in [0.3, 0.4) is 0 Å². The Morgan fingerprint density at radius 1 is 0.641 bits per heavy atom. The molecule has 0 bridgehead atoms. The molecule has 0 aliphatic carbocycles. The van der Waals surface area contributed by atoms with E-state index in [0.29, 0.717) is 41.1 Å². The van der Waals surface area contributed by atoms with Gasteiger partial charge < -0.3 is 5.32 Å². The largest absolute Gasteiger partial charge is 0.325 e. The minimum Gasteiger partial charge on any atom is -0.325 e. The Morgan fingerprint density at radius 2 is 1.26 bits per heavy atom. The number of carbonyl (C=O) groups excluding carboxylic acids is 1. The van der Waals surface area contributed by atoms with Gasteiger partial charge >= 0.3 is 0 Å². The molecule has 202 valence electrons. The van der Waals surface area contributed by atoms with Gasteiger partial charge in [-0.15, -0.1) is 0 Å². The van der Waals surface area contributed by atoms with E-state index in [2.05, 4.69) is 22.2 Å². The van der Waals surface area contributed by atoms with Gasteiger partial charge in [-0.05, 0) is 55.0 Å². The monoisotopic (exact) mass is 522 g/mol. The molecule has 0 aliphatic rings. The lowest BCUT2D eigenvalue weighted by molar-refractivity contribution is -0.118. The molecule has 4 rings (SSSR count). The summed E-state index contributed by atoms with van der Waals surface area (Å²) in [7, 11) is 0. The van der Waals surface area contributed by atoms with Gasteiger partial charge in [0.25, 0.3) is 0 Å². The highest BCUT2D eigenvalue weighted by atomic mass is 16.2. The molecule has 0 aliphatic heterocycles. The molecule has 0 spiro atoms. The van der Waals surface area contributed by atoms with Crippen molar-refractivity contribution < 1.29 is 4.79 Å². The fourth-order valence-electron chi connectivity index (χ4n) is 4.46. The van der Waals surface area contributed by atoms with E-state index >= 15 is 0 Å². The third-order valence-corrected chi connectivity index (χ3v) is 6.52. The van der Waals surface area contributed by atoms with E-state index in [9.17, 15) is 4.79 Å². The number of nitrogens with zero attached hydrogens (tertiary/aromatic N) is 5. The van der Waals surface area contributed by atoms with Gasteiger partial charge in [-0.1, -0.05) is 82.6 Å². The summed E-state index contributed by atoms with van der Waals surface area (Å²) in [4.78, 5) is 33.4. The average Bonchev–Trinajstić information content (AvgIpc) is 2.98. The lowest BCUT2D eigenvalue weighted by atomic mass is 10.1. The van der Waals surface area contributed by atoms with Crippen molar-refractivity contribution in [2.24, 2.45) is 0 Å². The standard InChI is InChI=1S/C32H38N6O/c1-2-3-4-5-6-7-8-9-10-23-32(39)38(30-21-12-14-25-34-30)31-22-16-18-27(36-31)26-17-15-20-29(35-26)37-28-19-11-13-24-33-28/h11-22,24-25H,2-10,23H2,1H3,(H,33,35,37). The fraction of sp³-hybridized carbons (Fsp3) is 0.344. The van der Waals surface area contributed by atoms with E-state index in [0.717, 1.165) is 12.8 Å². The number of carbonyl (C=O) groups is 1. The molecule has 4 aromatic rings. The van der Waals surface area contributed by atoms with Gasteiger partial charge in [-0.2, -0.15) is 0 Å². The highest BCUT2D eigenvalue weighted by Crippen LogP contribution is 2.27. The first-order valence-electron chi connectivity index (χ1n) is 14.1. The molecule has 0 atom stereocenters. The van der Waals surface area contributed by atoms with Crippen LogP contribution in [0.25, 0.3) is 11.4 Å². The Hall–Kier alpha value is -4.13. The van der Waals surface area contributed by atoms with Crippen LogP contribution in [0.15, 0.2) is 85.2 Å². The zero-order valence-electron chi connectivity index (χ0n) is 22.8. The third-order valence-electron chi connectivity index (χ3n) is 6.52. The fourth-order valence-corrected chi connectivity index (χ4v) is 4.46. The van der Waals surface area contributed by atoms with Gasteiger partial charge in [-0.3, -0.25) is 4.79 Å². The van der Waals surface area contributed by atoms with Crippen molar-refractivity contribution in [3.8, 4) is 11.4 Å². The molecule has 7 nitrogen and oxygen atoms in total. The Labute approximate surface area is 231 Å². The third kappa shape index (κ3) is 8.70. The van der Waals surface area contributed by atoms with Crippen molar-refractivity contribution in [2.45, 2.75) is 71.1 Å². The first kappa shape index (κ1) is 27.9. The SMILES string of the molecule is CCCCCCCCCCCC(=O)N(c1ccccn1)c1cccc(-c2cccc(Nc3ccccn3)n2)n1. The Bertz CT molecular complexity index is 1280. The van der Waals surface area contributed by atoms with Crippen molar-refractivity contribution in [3.63, 3.8) is 0 Å². The highest BCUT2D eigenvalue weighted by molar-refractivity contribution is 5.98. The first-order valence-corrected chi connectivity index (χ1v) is 14.1. The normalized spacial score (nSPS) is 10.8. The average molecular weight is 523 g/mol. The lowest BCUT2D eigenvalue weighted by Gasteiger charge is -2.21. The molecule has 0 saturated carbocycles. The molecule has 0 fully saturated rings. The predicted molar refractivity (Wildman–Crippen MR) is 158 cm³/mol. The minimum atomic E-state index is -0.000163. The zero-order valence-corrected chi connectivity index (χ0v) is 22.8. The molecule has 0 saturated heterocycles. The Kier molecular flexibility index (Phi) is 11.0. The highest BCUT2D eigenvalue weighted by Gasteiger charge is 2.20. The number of hydrogen-bond acceptors (Lipinski definition) is 6. The molecule has 0 unspecified atom stereocenters. The second-order valence-electron chi connectivity index (χ2n) is 9.62. The van der Waals surface area contributed by atoms with E-state index < -0.39 is 0 Å². The molecule has 7 heteroatoms. The van der Waals surface area contributed by atoms with Gasteiger partial charge in [0, 0.05) is 18.8 Å². The number of amides is 1. The van der Waals surface area contributed by atoms with Crippen LogP contribution in [-0.4, -0.2) is 25.8 Å². The molecule has 1 amide bonds. The summed E-state index contributed by atoms with van der Waals surface area (Å²) in [6.07, 6.45) is 14.8. The Morgan fingerprint density at radius 3 is 1.95 bits per heavy atom. The minimum absolute atomic E-state index is 0.000163. The molecule has 0 radical (unpaired) electrons. The van der Waals surface area contributed by atoms with Gasteiger partial charge in [0.05, 0.1) is 11.4 Å². The van der Waals surface area contributed by atoms with E-state index in [4.69, 9.17) is 9.97 Å². The smallest absolute Gasteiger partial charge is 0.233 e. The van der Waals surface area contributed by atoms with Crippen LogP contribution in [0.1, 0.15) is 71.1 Å². The van der Waals surface area contributed by atoms with Crippen molar-refractivity contribution in [2.75, 3.05) is 10.2 Å². The number of aromatic nitrogens is 4. The summed E-state index contributed by atoms with van der Waals surface area (Å²) >= 11 is 0. The number of anilines is 4. The number of pyridine rings is 4. The maximum absolute atomic E-state index is 13.5. The number of rotatable bonds is 15. The summed E-state index contributed by atoms with van der Waals surface area (Å²) in [5, 5.41) is 3.22. The van der Waals surface area contributed by atoms with Crippen LogP contribution in [0.2, 0.25) is 0 Å². The molecular formula is C32H38N6O. The second kappa shape index (κ2) is 15.3. The molecule has 4 heterocycles. The first-order chi connectivity index (χ1) is 19.2. The van der Waals surface area contributed by atoms with Crippen LogP contribution in [-0.2, 0) is 4.79 Å². The number of nitrogens with one attached hydrogen (secondary N) is 1. The quantitative estimate of drug-likeness (QED) is 0.158.